The standard InChI is InChI=1S/C29H25F3N4O5.C22H19F3N2O4S.C21H18F3N3O4S.C20H15BrF3N3O2/c1-16-12-21(25-20(26(33)37)6-3-9-34-25)24(28(39)36(16)19-5-2-4-18(14-19)29(30,31)32)27(38)35-15-17-7-8-22-23(13-17)41-11-10-40-22;1-14-9-10-19(20(28)26-13-15-5-3-8-18(11-15)32(2,30)31)21(29)27(14)17-7-4-6-16(12-17)22(23,24)25;1-13-6-11-18(19(28)26-25-15-7-9-17(10-8-15)32(2,30)31)20(29)27(13)16-5-3-4-14(12-16)21(22,23)24;1-12-5-10-17(18(28)26-25-15-8-6-14(21)7-9-15)19(29)27(12)16-4-2-3-13(11-16)20(22,23)24/h2-9,12-14,20,25H,10-11,15H2,1H3,(H2,33,37)(H,35,38);3-12H,13H2,1-2H3,(H,26,28);3-12,25H,1-2H3,(H,26,28);2-11,25H,1H3,(H,26,28). The van der Waals surface area contributed by atoms with Crippen LogP contribution in [0, 0.1) is 33.6 Å². The summed E-state index contributed by atoms with van der Waals surface area (Å²) >= 11 is 3.30. The number of hydrazine groups is 2. The molecule has 2 aliphatic rings. The van der Waals surface area contributed by atoms with E-state index in [-0.39, 0.29) is 79.1 Å². The maximum Gasteiger partial charge on any atom is 0.416 e. The number of nitrogens with one attached hydrogen (secondary N) is 6. The number of pyridine rings is 4. The fraction of sp³-hybridized carbons (Fsp3) is 0.174. The molecule has 8 N–H and O–H groups in total. The molecule has 2 aliphatic heterocycles. The van der Waals surface area contributed by atoms with Crippen LogP contribution in [-0.4, -0.2) is 96.6 Å². The maximum absolute atomic E-state index is 13.9. The number of aromatic nitrogens is 4. The van der Waals surface area contributed by atoms with E-state index in [4.69, 9.17) is 15.2 Å². The number of hydrogen-bond donors (Lipinski definition) is 7. The van der Waals surface area contributed by atoms with Gasteiger partial charge in [-0.25, -0.2) is 16.8 Å². The van der Waals surface area contributed by atoms with Gasteiger partial charge in [-0.1, -0.05) is 64.5 Å². The molecular formula is C92H77BrF12N12O15S2. The molecule has 0 bridgehead atoms. The molecule has 27 nitrogen and oxygen atoms in total. The van der Waals surface area contributed by atoms with Crippen LogP contribution >= 0.6 is 15.9 Å². The summed E-state index contributed by atoms with van der Waals surface area (Å²) in [6.07, 6.45) is -11.8. The van der Waals surface area contributed by atoms with Crippen molar-refractivity contribution < 1.29 is 103 Å². The number of rotatable bonds is 20. The lowest BCUT2D eigenvalue weighted by atomic mass is 9.88. The van der Waals surface area contributed by atoms with E-state index in [0.717, 1.165) is 83.8 Å². The molecule has 12 aromatic rings. The molecular weight excluding hydrogens is 1890 g/mol. The Balaban J connectivity index is 0.000000173. The third-order valence-corrected chi connectivity index (χ3v) is 23.0. The Labute approximate surface area is 762 Å². The van der Waals surface area contributed by atoms with Crippen molar-refractivity contribution in [3.63, 3.8) is 0 Å². The van der Waals surface area contributed by atoms with E-state index in [9.17, 15) is 113 Å². The number of primary amides is 1. The largest absolute Gasteiger partial charge is 0.486 e. The fourth-order valence-corrected chi connectivity index (χ4v) is 15.2. The second-order valence-corrected chi connectivity index (χ2v) is 34.8. The van der Waals surface area contributed by atoms with Gasteiger partial charge in [0.25, 0.3) is 45.9 Å². The molecule has 0 saturated heterocycles. The fourth-order valence-electron chi connectivity index (χ4n) is 13.6. The molecule has 5 amide bonds. The number of benzene rings is 8. The number of anilines is 2. The zero-order valence-corrected chi connectivity index (χ0v) is 74.0. The molecule has 134 heavy (non-hydrogen) atoms. The molecule has 6 heterocycles. The minimum Gasteiger partial charge on any atom is -0.486 e. The number of amides is 5. The average Bonchev–Trinajstić information content (AvgIpc) is 0.757. The van der Waals surface area contributed by atoms with Gasteiger partial charge >= 0.3 is 24.7 Å². The Hall–Kier alpha value is -14.9. The molecule has 8 aromatic carbocycles. The Morgan fingerprint density at radius 1 is 0.425 bits per heavy atom. The number of allylic oxidation sites excluding steroid dienone is 1. The maximum atomic E-state index is 13.9. The summed E-state index contributed by atoms with van der Waals surface area (Å²) in [4.78, 5) is 121. The smallest absolute Gasteiger partial charge is 0.416 e. The van der Waals surface area contributed by atoms with Crippen molar-refractivity contribution in [1.29, 1.82) is 0 Å². The molecule has 4 aromatic heterocycles. The topological polar surface area (TPSA) is 371 Å². The minimum absolute atomic E-state index is 0.00112. The molecule has 0 spiro atoms. The molecule has 0 aliphatic carbocycles. The van der Waals surface area contributed by atoms with E-state index in [1.54, 1.807) is 62.4 Å². The number of carbonyl (C=O) groups excluding carboxylic acids is 5. The first-order chi connectivity index (χ1) is 63.0. The van der Waals surface area contributed by atoms with Gasteiger partial charge < -0.3 is 25.8 Å². The number of nitrogens with two attached hydrogens (primary N) is 1. The Kier molecular flexibility index (Phi) is 30.7. The Morgan fingerprint density at radius 2 is 0.806 bits per heavy atom. The average molecular weight is 1960 g/mol. The predicted molar refractivity (Wildman–Crippen MR) is 475 cm³/mol. The molecule has 2 atom stereocenters. The van der Waals surface area contributed by atoms with Crippen molar-refractivity contribution in [2.75, 3.05) is 36.6 Å². The zero-order chi connectivity index (χ0) is 97.9. The number of sulfone groups is 2. The molecule has 0 radical (unpaired) electrons. The number of alkyl halides is 12. The molecule has 0 saturated carbocycles. The van der Waals surface area contributed by atoms with Crippen molar-refractivity contribution >= 4 is 82.7 Å². The monoisotopic (exact) mass is 1960 g/mol. The van der Waals surface area contributed by atoms with Crippen LogP contribution < -0.4 is 69.8 Å². The van der Waals surface area contributed by atoms with Gasteiger partial charge in [0.1, 0.15) is 35.5 Å². The third-order valence-electron chi connectivity index (χ3n) is 20.2. The summed E-state index contributed by atoms with van der Waals surface area (Å²) in [6.45, 7) is 6.92. The van der Waals surface area contributed by atoms with E-state index in [1.165, 1.54) is 166 Å². The minimum atomic E-state index is -4.64. The van der Waals surface area contributed by atoms with Crippen molar-refractivity contribution in [3.8, 4) is 34.2 Å². The highest BCUT2D eigenvalue weighted by Gasteiger charge is 2.37. The quantitative estimate of drug-likeness (QED) is 0.0275. The molecule has 698 valence electrons. The SMILES string of the molecule is Cc1cc(C2N=CC=CC2C(N)=O)c(C(=O)NCc2ccc3c(c2)OCCO3)c(=O)n1-c1cccc(C(F)(F)F)c1.Cc1ccc(C(=O)NCc2cccc(S(C)(=O)=O)c2)c(=O)n1-c1cccc(C(F)(F)F)c1.Cc1ccc(C(=O)NNc2ccc(Br)cc2)c(=O)n1-c1cccc(C(F)(F)F)c1.Cc1ccc(C(=O)NNc2ccc(S(C)(=O)=O)cc2)c(=O)n1-c1cccc(C(F)(F)F)c1. The molecule has 0 fully saturated rings. The molecule has 42 heteroatoms. The third kappa shape index (κ3) is 24.6. The van der Waals surface area contributed by atoms with E-state index in [2.05, 4.69) is 53.3 Å². The summed E-state index contributed by atoms with van der Waals surface area (Å²) in [7, 11) is -6.80. The van der Waals surface area contributed by atoms with Crippen molar-refractivity contribution in [3.05, 3.63) is 373 Å². The number of hydrogen-bond acceptors (Lipinski definition) is 18. The van der Waals surface area contributed by atoms with E-state index in [1.807, 2.05) is 0 Å². The second kappa shape index (κ2) is 41.2. The number of halogens is 13. The number of dihydropyridines is 1. The van der Waals surface area contributed by atoms with Crippen molar-refractivity contribution in [1.82, 2.24) is 39.8 Å². The summed E-state index contributed by atoms with van der Waals surface area (Å²) < 4.78 is 220. The zero-order valence-electron chi connectivity index (χ0n) is 70.8. The number of aryl methyl sites for hydroxylation is 4. The highest BCUT2D eigenvalue weighted by Crippen LogP contribution is 2.38. The van der Waals surface area contributed by atoms with Crippen LogP contribution in [0.15, 0.2) is 281 Å². The van der Waals surface area contributed by atoms with Crippen LogP contribution in [0.1, 0.15) is 109 Å². The van der Waals surface area contributed by atoms with Gasteiger partial charge in [-0.2, -0.15) is 52.7 Å². The number of ether oxygens (including phenoxy) is 2. The first kappa shape index (κ1) is 99.6. The van der Waals surface area contributed by atoms with Crippen LogP contribution in [0.5, 0.6) is 11.5 Å². The summed E-state index contributed by atoms with van der Waals surface area (Å²) in [6, 6.07) is 49.5. The first-order valence-electron chi connectivity index (χ1n) is 39.5. The van der Waals surface area contributed by atoms with Gasteiger partial charge in [0.2, 0.25) is 5.91 Å². The first-order valence-corrected chi connectivity index (χ1v) is 44.1. The van der Waals surface area contributed by atoms with Crippen LogP contribution in [0.3, 0.4) is 0 Å². The van der Waals surface area contributed by atoms with Gasteiger partial charge in [0, 0.05) is 81.8 Å². The number of carbonyl (C=O) groups is 5. The van der Waals surface area contributed by atoms with E-state index >= 15 is 0 Å². The summed E-state index contributed by atoms with van der Waals surface area (Å²) in [5.41, 5.74) is 11.1. The summed E-state index contributed by atoms with van der Waals surface area (Å²) in [5, 5.41) is 5.25. The van der Waals surface area contributed by atoms with Crippen molar-refractivity contribution in [2.24, 2.45) is 16.6 Å². The molecule has 14 rings (SSSR count). The Bertz CT molecular complexity index is 7110. The Morgan fingerprint density at radius 3 is 1.22 bits per heavy atom. The van der Waals surface area contributed by atoms with E-state index in [0.29, 0.717) is 64.3 Å². The highest BCUT2D eigenvalue weighted by molar-refractivity contribution is 9.10. The van der Waals surface area contributed by atoms with Gasteiger partial charge in [0.15, 0.2) is 31.2 Å². The van der Waals surface area contributed by atoms with Crippen molar-refractivity contribution in [2.45, 2.75) is 81.3 Å². The van der Waals surface area contributed by atoms with Crippen LogP contribution in [0.2, 0.25) is 0 Å². The number of fused-ring (bicyclic) bond motifs is 1. The predicted octanol–water partition coefficient (Wildman–Crippen LogP) is 15.2. The van der Waals surface area contributed by atoms with E-state index < -0.39 is 130 Å². The lowest BCUT2D eigenvalue weighted by Gasteiger charge is -2.25. The van der Waals surface area contributed by atoms with Crippen LogP contribution in [0.25, 0.3) is 22.7 Å². The lowest BCUT2D eigenvalue weighted by molar-refractivity contribution is -0.138. The normalized spacial score (nSPS) is 13.5. The van der Waals surface area contributed by atoms with Gasteiger partial charge in [-0.05, 0) is 239 Å². The summed E-state index contributed by atoms with van der Waals surface area (Å²) in [5.74, 6) is -3.65. The van der Waals surface area contributed by atoms with Crippen LogP contribution in [-0.2, 0) is 62.3 Å². The number of aliphatic imine (C=N–C) groups is 1. The lowest BCUT2D eigenvalue weighted by Crippen LogP contribution is -2.37. The molecule has 2 unspecified atom stereocenters. The number of nitrogens with zero attached hydrogens (tertiary/aromatic N) is 5. The second-order valence-electron chi connectivity index (χ2n) is 29.8. The highest BCUT2D eigenvalue weighted by atomic mass is 79.9. The van der Waals surface area contributed by atoms with Crippen LogP contribution in [0.4, 0.5) is 64.1 Å². The van der Waals surface area contributed by atoms with Gasteiger partial charge in [-0.15, -0.1) is 0 Å². The van der Waals surface area contributed by atoms with Gasteiger partial charge in [0.05, 0.1) is 55.4 Å². The van der Waals surface area contributed by atoms with Gasteiger partial charge in [-0.3, -0.25) is 88.1 Å².